The van der Waals surface area contributed by atoms with E-state index in [-0.39, 0.29) is 0 Å². The maximum absolute atomic E-state index is 13.1. The fourth-order valence-corrected chi connectivity index (χ4v) is 2.39. The number of alkyl halides is 3. The highest BCUT2D eigenvalue weighted by Crippen LogP contribution is 2.31. The van der Waals surface area contributed by atoms with Crippen LogP contribution in [-0.2, 0) is 11.0 Å². The molecular weight excluding hydrogens is 357 g/mol. The second-order valence-electron chi connectivity index (χ2n) is 5.45. The van der Waals surface area contributed by atoms with E-state index in [0.717, 1.165) is 18.3 Å². The molecule has 1 heterocycles. The molecule has 0 aliphatic rings. The first kappa shape index (κ1) is 18.3. The Morgan fingerprint density at radius 3 is 1.93 bits per heavy atom. The van der Waals surface area contributed by atoms with Gasteiger partial charge in [0, 0.05) is 17.3 Å². The predicted octanol–water partition coefficient (Wildman–Crippen LogP) is 4.71. The number of carbonyl (C=O) groups excluding carboxylic acids is 1. The van der Waals surface area contributed by atoms with Crippen molar-refractivity contribution in [1.29, 1.82) is 0 Å². The van der Waals surface area contributed by atoms with Gasteiger partial charge in [0.25, 0.3) is 0 Å². The SMILES string of the molecule is O=C(ON=C(c1ccccc1)c1ccccc1)c1ncccc1C(F)(F)F. The van der Waals surface area contributed by atoms with E-state index in [9.17, 15) is 18.0 Å². The number of nitrogens with zero attached hydrogens (tertiary/aromatic N) is 2. The van der Waals surface area contributed by atoms with Crippen LogP contribution in [0.5, 0.6) is 0 Å². The largest absolute Gasteiger partial charge is 0.418 e. The lowest BCUT2D eigenvalue weighted by Gasteiger charge is -2.10. The number of carbonyl (C=O) groups is 1. The molecule has 27 heavy (non-hydrogen) atoms. The van der Waals surface area contributed by atoms with Crippen molar-refractivity contribution >= 4 is 11.7 Å². The molecule has 0 atom stereocenters. The summed E-state index contributed by atoms with van der Waals surface area (Å²) in [5, 5.41) is 3.82. The van der Waals surface area contributed by atoms with Gasteiger partial charge < -0.3 is 4.84 Å². The van der Waals surface area contributed by atoms with E-state index in [1.165, 1.54) is 0 Å². The third-order valence-electron chi connectivity index (χ3n) is 3.62. The molecule has 7 heteroatoms. The van der Waals surface area contributed by atoms with Crippen LogP contribution >= 0.6 is 0 Å². The van der Waals surface area contributed by atoms with Crippen LogP contribution in [0.15, 0.2) is 84.1 Å². The first-order valence-corrected chi connectivity index (χ1v) is 7.89. The fourth-order valence-electron chi connectivity index (χ4n) is 2.39. The van der Waals surface area contributed by atoms with Crippen LogP contribution in [-0.4, -0.2) is 16.7 Å². The topological polar surface area (TPSA) is 51.5 Å². The minimum Gasteiger partial charge on any atom is -0.310 e. The number of hydrogen-bond acceptors (Lipinski definition) is 4. The number of hydrogen-bond donors (Lipinski definition) is 0. The number of pyridine rings is 1. The fraction of sp³-hybridized carbons (Fsp3) is 0.0500. The first-order valence-electron chi connectivity index (χ1n) is 7.89. The van der Waals surface area contributed by atoms with E-state index in [1.807, 2.05) is 12.1 Å². The lowest BCUT2D eigenvalue weighted by Crippen LogP contribution is -2.16. The molecule has 0 bridgehead atoms. The average Bonchev–Trinajstić information content (AvgIpc) is 2.69. The Balaban J connectivity index is 1.96. The summed E-state index contributed by atoms with van der Waals surface area (Å²) in [7, 11) is 0. The van der Waals surface area contributed by atoms with Crippen LogP contribution in [0.1, 0.15) is 27.2 Å². The smallest absolute Gasteiger partial charge is 0.310 e. The monoisotopic (exact) mass is 370 g/mol. The Bertz CT molecular complexity index is 914. The molecular formula is C20H13F3N2O2. The van der Waals surface area contributed by atoms with Gasteiger partial charge in [-0.1, -0.05) is 65.8 Å². The second kappa shape index (κ2) is 7.82. The van der Waals surface area contributed by atoms with Crippen molar-refractivity contribution in [3.05, 3.63) is 101 Å². The highest BCUT2D eigenvalue weighted by Gasteiger charge is 2.36. The standard InChI is InChI=1S/C20H13F3N2O2/c21-20(22,23)16-12-7-13-24-18(16)19(26)27-25-17(14-8-3-1-4-9-14)15-10-5-2-6-11-15/h1-13H. The zero-order valence-electron chi connectivity index (χ0n) is 13.9. The predicted molar refractivity (Wildman–Crippen MR) is 93.2 cm³/mol. The molecule has 136 valence electrons. The van der Waals surface area contributed by atoms with Crippen LogP contribution in [0.25, 0.3) is 0 Å². The van der Waals surface area contributed by atoms with Crippen molar-refractivity contribution in [2.45, 2.75) is 6.18 Å². The van der Waals surface area contributed by atoms with Crippen molar-refractivity contribution in [2.24, 2.45) is 5.16 Å². The van der Waals surface area contributed by atoms with Crippen molar-refractivity contribution in [3.63, 3.8) is 0 Å². The number of benzene rings is 2. The molecule has 4 nitrogen and oxygen atoms in total. The van der Waals surface area contributed by atoms with E-state index in [2.05, 4.69) is 10.1 Å². The zero-order chi connectivity index (χ0) is 19.3. The van der Waals surface area contributed by atoms with Gasteiger partial charge in [0.15, 0.2) is 5.69 Å². The Morgan fingerprint density at radius 2 is 1.41 bits per heavy atom. The number of oxime groups is 1. The quantitative estimate of drug-likeness (QED) is 0.380. The Morgan fingerprint density at radius 1 is 0.852 bits per heavy atom. The van der Waals surface area contributed by atoms with Crippen molar-refractivity contribution in [3.8, 4) is 0 Å². The Labute approximate surface area is 152 Å². The summed E-state index contributed by atoms with van der Waals surface area (Å²) in [4.78, 5) is 20.5. The molecule has 1 aromatic heterocycles. The maximum atomic E-state index is 13.1. The summed E-state index contributed by atoms with van der Waals surface area (Å²) < 4.78 is 39.2. The number of rotatable bonds is 4. The number of halogens is 3. The highest BCUT2D eigenvalue weighted by molar-refractivity contribution is 6.12. The van der Waals surface area contributed by atoms with Gasteiger partial charge in [-0.25, -0.2) is 9.78 Å². The second-order valence-corrected chi connectivity index (χ2v) is 5.45. The van der Waals surface area contributed by atoms with Gasteiger partial charge in [0.2, 0.25) is 0 Å². The van der Waals surface area contributed by atoms with Gasteiger partial charge in [-0.15, -0.1) is 0 Å². The third kappa shape index (κ3) is 4.38. The first-order chi connectivity index (χ1) is 13.0. The van der Waals surface area contributed by atoms with E-state index in [1.54, 1.807) is 48.5 Å². The molecule has 0 N–H and O–H groups in total. The Kier molecular flexibility index (Phi) is 5.30. The van der Waals surface area contributed by atoms with Crippen LogP contribution in [0.3, 0.4) is 0 Å². The van der Waals surface area contributed by atoms with Gasteiger partial charge in [0.05, 0.1) is 5.56 Å². The zero-order valence-corrected chi connectivity index (χ0v) is 13.9. The normalized spacial score (nSPS) is 10.9. The maximum Gasteiger partial charge on any atom is 0.418 e. The number of aromatic nitrogens is 1. The van der Waals surface area contributed by atoms with E-state index in [0.29, 0.717) is 16.8 Å². The summed E-state index contributed by atoms with van der Waals surface area (Å²) in [6.07, 6.45) is -3.64. The molecule has 3 rings (SSSR count). The Hall–Kier alpha value is -3.48. The van der Waals surface area contributed by atoms with Crippen molar-refractivity contribution in [2.75, 3.05) is 0 Å². The average molecular weight is 370 g/mol. The van der Waals surface area contributed by atoms with Gasteiger partial charge in [-0.05, 0) is 12.1 Å². The molecule has 2 aromatic carbocycles. The van der Waals surface area contributed by atoms with Crippen molar-refractivity contribution < 1.29 is 22.8 Å². The molecule has 0 saturated carbocycles. The van der Waals surface area contributed by atoms with Crippen LogP contribution < -0.4 is 0 Å². The molecule has 0 saturated heterocycles. The molecule has 0 aliphatic carbocycles. The third-order valence-corrected chi connectivity index (χ3v) is 3.62. The highest BCUT2D eigenvalue weighted by atomic mass is 19.4. The summed E-state index contributed by atoms with van der Waals surface area (Å²) >= 11 is 0. The molecule has 0 fully saturated rings. The van der Waals surface area contributed by atoms with Gasteiger partial charge in [0.1, 0.15) is 5.71 Å². The summed E-state index contributed by atoms with van der Waals surface area (Å²) in [6, 6.07) is 19.6. The van der Waals surface area contributed by atoms with Gasteiger partial charge in [-0.3, -0.25) is 0 Å². The van der Waals surface area contributed by atoms with E-state index < -0.39 is 23.4 Å². The van der Waals surface area contributed by atoms with Crippen LogP contribution in [0, 0.1) is 0 Å². The molecule has 0 radical (unpaired) electrons. The van der Waals surface area contributed by atoms with Gasteiger partial charge in [-0.2, -0.15) is 13.2 Å². The molecule has 0 spiro atoms. The molecule has 0 amide bonds. The van der Waals surface area contributed by atoms with Crippen LogP contribution in [0.4, 0.5) is 13.2 Å². The lowest BCUT2D eigenvalue weighted by atomic mass is 10.0. The summed E-state index contributed by atoms with van der Waals surface area (Å²) in [5.74, 6) is -1.28. The van der Waals surface area contributed by atoms with E-state index >= 15 is 0 Å². The molecule has 3 aromatic rings. The molecule has 0 aliphatic heterocycles. The summed E-state index contributed by atoms with van der Waals surface area (Å²) in [6.45, 7) is 0. The van der Waals surface area contributed by atoms with Crippen molar-refractivity contribution in [1.82, 2.24) is 4.98 Å². The lowest BCUT2D eigenvalue weighted by molar-refractivity contribution is -0.138. The summed E-state index contributed by atoms with van der Waals surface area (Å²) in [5.41, 5.74) is -0.406. The minimum absolute atomic E-state index is 0.314. The van der Waals surface area contributed by atoms with Gasteiger partial charge >= 0.3 is 12.1 Å². The molecule has 0 unspecified atom stereocenters. The minimum atomic E-state index is -4.73. The van der Waals surface area contributed by atoms with E-state index in [4.69, 9.17) is 4.84 Å². The van der Waals surface area contributed by atoms with Crippen LogP contribution in [0.2, 0.25) is 0 Å².